The number of carbonyl (C=O) groups is 1. The van der Waals surface area contributed by atoms with Crippen molar-refractivity contribution < 1.29 is 4.79 Å². The van der Waals surface area contributed by atoms with Crippen molar-refractivity contribution in [1.82, 2.24) is 5.32 Å². The number of hydrogen-bond acceptors (Lipinski definition) is 2. The van der Waals surface area contributed by atoms with Gasteiger partial charge in [-0.2, -0.15) is 0 Å². The molecular formula is C14H21ClN2O. The van der Waals surface area contributed by atoms with Gasteiger partial charge in [-0.25, -0.2) is 0 Å². The predicted molar refractivity (Wildman–Crippen MR) is 76.3 cm³/mol. The van der Waals surface area contributed by atoms with Crippen molar-refractivity contribution in [2.45, 2.75) is 38.6 Å². The van der Waals surface area contributed by atoms with Gasteiger partial charge >= 0.3 is 0 Å². The number of nitrogens with two attached hydrogens (primary N) is 1. The maximum Gasteiger partial charge on any atom is 0.248 e. The molecule has 3 nitrogen and oxygen atoms in total. The highest BCUT2D eigenvalue weighted by Crippen LogP contribution is 2.22. The Hall–Kier alpha value is -1.06. The summed E-state index contributed by atoms with van der Waals surface area (Å²) < 4.78 is 0. The number of hydrogen-bond donors (Lipinski definition) is 2. The van der Waals surface area contributed by atoms with Crippen LogP contribution in [0.5, 0.6) is 0 Å². The van der Waals surface area contributed by atoms with Crippen LogP contribution in [-0.4, -0.2) is 18.5 Å². The van der Waals surface area contributed by atoms with Gasteiger partial charge in [0.05, 0.1) is 0 Å². The van der Waals surface area contributed by atoms with E-state index in [4.69, 9.17) is 5.73 Å². The average Bonchev–Trinajstić information content (AvgIpc) is 2.35. The Morgan fingerprint density at radius 2 is 2.22 bits per heavy atom. The van der Waals surface area contributed by atoms with E-state index in [-0.39, 0.29) is 18.3 Å². The van der Waals surface area contributed by atoms with Crippen LogP contribution in [0.4, 0.5) is 0 Å². The summed E-state index contributed by atoms with van der Waals surface area (Å²) >= 11 is 0. The van der Waals surface area contributed by atoms with Crippen molar-refractivity contribution in [3.05, 3.63) is 34.9 Å². The van der Waals surface area contributed by atoms with E-state index in [0.717, 1.165) is 25.8 Å². The van der Waals surface area contributed by atoms with Crippen molar-refractivity contribution in [1.29, 1.82) is 0 Å². The van der Waals surface area contributed by atoms with E-state index in [0.29, 0.717) is 11.6 Å². The maximum absolute atomic E-state index is 11.1. The molecule has 0 radical (unpaired) electrons. The summed E-state index contributed by atoms with van der Waals surface area (Å²) in [7, 11) is 0. The number of nitrogens with one attached hydrogen (secondary N) is 1. The third-order valence-electron chi connectivity index (χ3n) is 3.40. The zero-order valence-corrected chi connectivity index (χ0v) is 11.6. The summed E-state index contributed by atoms with van der Waals surface area (Å²) in [5.41, 5.74) is 8.58. The number of carbonyl (C=O) groups excluding carboxylic acids is 1. The Kier molecular flexibility index (Phi) is 5.63. The predicted octanol–water partition coefficient (Wildman–Crippen LogP) is 2.06. The summed E-state index contributed by atoms with van der Waals surface area (Å²) in [5.74, 6) is -0.337. The third kappa shape index (κ3) is 3.47. The molecule has 1 aliphatic rings. The van der Waals surface area contributed by atoms with E-state index >= 15 is 0 Å². The number of amides is 1. The molecule has 1 aromatic carbocycles. The van der Waals surface area contributed by atoms with Crippen LogP contribution in [0.2, 0.25) is 0 Å². The topological polar surface area (TPSA) is 55.1 Å². The first kappa shape index (κ1) is 15.0. The number of fused-ring (bicyclic) bond motifs is 1. The first-order valence-corrected chi connectivity index (χ1v) is 6.35. The molecule has 0 unspecified atom stereocenters. The van der Waals surface area contributed by atoms with Gasteiger partial charge in [-0.3, -0.25) is 4.79 Å². The normalized spacial score (nSPS) is 17.7. The van der Waals surface area contributed by atoms with E-state index in [2.05, 4.69) is 12.2 Å². The first-order valence-electron chi connectivity index (χ1n) is 6.35. The molecule has 1 amide bonds. The first-order chi connectivity index (χ1) is 8.20. The Balaban J connectivity index is 0.00000162. The van der Waals surface area contributed by atoms with Gasteiger partial charge in [-0.05, 0) is 55.5 Å². The van der Waals surface area contributed by atoms with Gasteiger partial charge in [0.25, 0.3) is 0 Å². The molecule has 0 heterocycles. The zero-order chi connectivity index (χ0) is 12.3. The smallest absolute Gasteiger partial charge is 0.248 e. The van der Waals surface area contributed by atoms with Crippen LogP contribution in [0.3, 0.4) is 0 Å². The second-order valence-corrected chi connectivity index (χ2v) is 4.74. The number of benzene rings is 1. The number of primary amides is 1. The highest BCUT2D eigenvalue weighted by Gasteiger charge is 2.18. The summed E-state index contributed by atoms with van der Waals surface area (Å²) in [6, 6.07) is 6.38. The second-order valence-electron chi connectivity index (χ2n) is 4.74. The highest BCUT2D eigenvalue weighted by atomic mass is 35.5. The quantitative estimate of drug-likeness (QED) is 0.878. The minimum atomic E-state index is -0.337. The molecule has 0 saturated carbocycles. The molecule has 3 N–H and O–H groups in total. The number of rotatable bonds is 4. The molecule has 100 valence electrons. The molecule has 18 heavy (non-hydrogen) atoms. The molecule has 0 bridgehead atoms. The number of aryl methyl sites for hydroxylation is 1. The third-order valence-corrected chi connectivity index (χ3v) is 3.40. The van der Waals surface area contributed by atoms with Gasteiger partial charge in [0.15, 0.2) is 0 Å². The SMILES string of the molecule is CCCN[C@@H]1CCc2ccc(C(N)=O)cc2C1.Cl. The molecule has 0 fully saturated rings. The van der Waals surface area contributed by atoms with Crippen LogP contribution in [0.25, 0.3) is 0 Å². The molecule has 0 aliphatic heterocycles. The summed E-state index contributed by atoms with van der Waals surface area (Å²) in [6.45, 7) is 3.24. The summed E-state index contributed by atoms with van der Waals surface area (Å²) in [4.78, 5) is 11.1. The minimum absolute atomic E-state index is 0. The molecule has 1 aliphatic carbocycles. The lowest BCUT2D eigenvalue weighted by Crippen LogP contribution is -2.35. The van der Waals surface area contributed by atoms with E-state index in [1.54, 1.807) is 0 Å². The van der Waals surface area contributed by atoms with Crippen LogP contribution in [0.1, 0.15) is 41.3 Å². The fourth-order valence-corrected chi connectivity index (χ4v) is 2.43. The highest BCUT2D eigenvalue weighted by molar-refractivity contribution is 5.93. The van der Waals surface area contributed by atoms with Crippen LogP contribution < -0.4 is 11.1 Å². The van der Waals surface area contributed by atoms with Crippen molar-refractivity contribution in [2.24, 2.45) is 5.73 Å². The van der Waals surface area contributed by atoms with Crippen molar-refractivity contribution >= 4 is 18.3 Å². The molecule has 2 rings (SSSR count). The van der Waals surface area contributed by atoms with Gasteiger partial charge in [0.2, 0.25) is 5.91 Å². The van der Waals surface area contributed by atoms with Gasteiger partial charge in [-0.1, -0.05) is 13.0 Å². The summed E-state index contributed by atoms with van der Waals surface area (Å²) in [6.07, 6.45) is 4.44. The maximum atomic E-state index is 11.1. The lowest BCUT2D eigenvalue weighted by Gasteiger charge is -2.25. The van der Waals surface area contributed by atoms with E-state index in [9.17, 15) is 4.79 Å². The van der Waals surface area contributed by atoms with Crippen LogP contribution in [-0.2, 0) is 12.8 Å². The Morgan fingerprint density at radius 3 is 2.89 bits per heavy atom. The van der Waals surface area contributed by atoms with Crippen LogP contribution in [0.15, 0.2) is 18.2 Å². The van der Waals surface area contributed by atoms with Crippen LogP contribution in [0, 0.1) is 0 Å². The molecule has 0 saturated heterocycles. The van der Waals surface area contributed by atoms with E-state index in [1.807, 2.05) is 18.2 Å². The Bertz CT molecular complexity index is 420. The summed E-state index contributed by atoms with van der Waals surface area (Å²) in [5, 5.41) is 3.54. The molecule has 4 heteroatoms. The van der Waals surface area contributed by atoms with Gasteiger partial charge in [0.1, 0.15) is 0 Å². The Morgan fingerprint density at radius 1 is 1.44 bits per heavy atom. The fourth-order valence-electron chi connectivity index (χ4n) is 2.43. The monoisotopic (exact) mass is 268 g/mol. The number of halogens is 1. The molecule has 0 aromatic heterocycles. The molecule has 1 atom stereocenters. The van der Waals surface area contributed by atoms with E-state index in [1.165, 1.54) is 17.5 Å². The lowest BCUT2D eigenvalue weighted by molar-refractivity contribution is 0.1000. The minimum Gasteiger partial charge on any atom is -0.366 e. The van der Waals surface area contributed by atoms with Crippen molar-refractivity contribution in [3.8, 4) is 0 Å². The zero-order valence-electron chi connectivity index (χ0n) is 10.7. The molecule has 0 spiro atoms. The standard InChI is InChI=1S/C14H20N2O.ClH/c1-2-7-16-13-6-5-10-3-4-11(14(15)17)8-12(10)9-13;/h3-4,8,13,16H,2,5-7,9H2,1H3,(H2,15,17);1H/t13-;/m1./s1. The van der Waals surface area contributed by atoms with Crippen LogP contribution >= 0.6 is 12.4 Å². The van der Waals surface area contributed by atoms with Crippen molar-refractivity contribution in [2.75, 3.05) is 6.54 Å². The average molecular weight is 269 g/mol. The van der Waals surface area contributed by atoms with Gasteiger partial charge in [0, 0.05) is 11.6 Å². The van der Waals surface area contributed by atoms with Gasteiger partial charge in [-0.15, -0.1) is 12.4 Å². The Labute approximate surface area is 115 Å². The fraction of sp³-hybridized carbons (Fsp3) is 0.500. The van der Waals surface area contributed by atoms with Crippen molar-refractivity contribution in [3.63, 3.8) is 0 Å². The molecular weight excluding hydrogens is 248 g/mol. The van der Waals surface area contributed by atoms with E-state index < -0.39 is 0 Å². The van der Waals surface area contributed by atoms with Gasteiger partial charge < -0.3 is 11.1 Å². The lowest BCUT2D eigenvalue weighted by atomic mass is 9.87. The second kappa shape index (κ2) is 6.76. The molecule has 1 aromatic rings. The largest absolute Gasteiger partial charge is 0.366 e.